The van der Waals surface area contributed by atoms with Gasteiger partial charge in [0.2, 0.25) is 0 Å². The number of hydrogen-bond acceptors (Lipinski definition) is 2. The van der Waals surface area contributed by atoms with Crippen molar-refractivity contribution in [1.82, 2.24) is 10.3 Å². The van der Waals surface area contributed by atoms with Crippen LogP contribution >= 0.6 is 11.6 Å². The van der Waals surface area contributed by atoms with E-state index in [-0.39, 0.29) is 23.3 Å². The van der Waals surface area contributed by atoms with Crippen LogP contribution in [0, 0.1) is 5.41 Å². The number of nitrogens with zero attached hydrogens (tertiary/aromatic N) is 1. The van der Waals surface area contributed by atoms with Gasteiger partial charge in [0, 0.05) is 17.3 Å². The van der Waals surface area contributed by atoms with Crippen LogP contribution in [-0.4, -0.2) is 16.9 Å². The zero-order chi connectivity index (χ0) is 15.6. The molecule has 1 atom stereocenters. The second-order valence-electron chi connectivity index (χ2n) is 7.02. The van der Waals surface area contributed by atoms with E-state index in [1.165, 1.54) is 12.8 Å². The van der Waals surface area contributed by atoms with Gasteiger partial charge in [0.25, 0.3) is 5.91 Å². The Hall–Kier alpha value is -1.09. The Labute approximate surface area is 132 Å². The number of carbonyl (C=O) groups is 1. The molecule has 0 saturated heterocycles. The minimum Gasteiger partial charge on any atom is -0.349 e. The lowest BCUT2D eigenvalue weighted by Crippen LogP contribution is -2.46. The number of pyridine rings is 1. The van der Waals surface area contributed by atoms with Crippen molar-refractivity contribution in [2.45, 2.75) is 65.3 Å². The van der Waals surface area contributed by atoms with Gasteiger partial charge in [0.15, 0.2) is 0 Å². The second-order valence-corrected chi connectivity index (χ2v) is 7.41. The van der Waals surface area contributed by atoms with Crippen molar-refractivity contribution in [1.29, 1.82) is 0 Å². The third-order valence-corrected chi connectivity index (χ3v) is 4.67. The van der Waals surface area contributed by atoms with Crippen molar-refractivity contribution in [3.8, 4) is 0 Å². The smallest absolute Gasteiger partial charge is 0.251 e. The third kappa shape index (κ3) is 3.97. The molecule has 2 rings (SSSR count). The number of rotatable bonds is 3. The van der Waals surface area contributed by atoms with Gasteiger partial charge in [-0.3, -0.25) is 4.79 Å². The first-order valence-corrected chi connectivity index (χ1v) is 8.16. The number of amides is 1. The van der Waals surface area contributed by atoms with E-state index in [9.17, 15) is 4.79 Å². The molecule has 3 nitrogen and oxygen atoms in total. The molecule has 1 saturated carbocycles. The zero-order valence-electron chi connectivity index (χ0n) is 13.4. The molecular weight excluding hydrogens is 284 g/mol. The molecule has 1 N–H and O–H groups in total. The first kappa shape index (κ1) is 16.3. The molecule has 116 valence electrons. The molecule has 1 fully saturated rings. The van der Waals surface area contributed by atoms with Crippen molar-refractivity contribution >= 4 is 17.5 Å². The van der Waals surface area contributed by atoms with Crippen LogP contribution < -0.4 is 5.32 Å². The summed E-state index contributed by atoms with van der Waals surface area (Å²) in [5.74, 6) is 0.211. The van der Waals surface area contributed by atoms with Gasteiger partial charge < -0.3 is 5.32 Å². The van der Waals surface area contributed by atoms with Gasteiger partial charge in [-0.25, -0.2) is 4.98 Å². The summed E-state index contributed by atoms with van der Waals surface area (Å²) in [4.78, 5) is 16.8. The molecule has 21 heavy (non-hydrogen) atoms. The molecule has 0 bridgehead atoms. The summed E-state index contributed by atoms with van der Waals surface area (Å²) in [5.41, 5.74) is 1.63. The maximum absolute atomic E-state index is 12.5. The van der Waals surface area contributed by atoms with E-state index in [0.29, 0.717) is 10.7 Å². The van der Waals surface area contributed by atoms with E-state index < -0.39 is 0 Å². The molecule has 0 aliphatic heterocycles. The van der Waals surface area contributed by atoms with Gasteiger partial charge in [-0.1, -0.05) is 52.1 Å². The van der Waals surface area contributed by atoms with Crippen LogP contribution in [-0.2, 0) is 0 Å². The molecular formula is C17H25ClN2O. The highest BCUT2D eigenvalue weighted by atomic mass is 35.5. The number of hydrogen-bond donors (Lipinski definition) is 1. The van der Waals surface area contributed by atoms with Crippen LogP contribution in [0.1, 0.15) is 75.3 Å². The predicted molar refractivity (Wildman–Crippen MR) is 86.8 cm³/mol. The average Bonchev–Trinajstić information content (AvgIpc) is 2.40. The fraction of sp³-hybridized carbons (Fsp3) is 0.647. The Bertz CT molecular complexity index is 526. The van der Waals surface area contributed by atoms with E-state index in [1.807, 2.05) is 19.9 Å². The van der Waals surface area contributed by atoms with E-state index in [1.54, 1.807) is 6.07 Å². The monoisotopic (exact) mass is 308 g/mol. The number of halogens is 1. The SMILES string of the molecule is CC(C)c1cc(C(=O)NC2CCCCC2(C)C)cc(Cl)n1. The van der Waals surface area contributed by atoms with Gasteiger partial charge in [-0.2, -0.15) is 0 Å². The van der Waals surface area contributed by atoms with E-state index in [2.05, 4.69) is 24.1 Å². The molecule has 1 aliphatic carbocycles. The molecule has 1 amide bonds. The highest BCUT2D eigenvalue weighted by molar-refractivity contribution is 6.29. The normalized spacial score (nSPS) is 21.3. The van der Waals surface area contributed by atoms with Crippen LogP contribution in [0.15, 0.2) is 12.1 Å². The summed E-state index contributed by atoms with van der Waals surface area (Å²) in [7, 11) is 0. The molecule has 1 aromatic heterocycles. The summed E-state index contributed by atoms with van der Waals surface area (Å²) in [5, 5.41) is 3.58. The van der Waals surface area contributed by atoms with Gasteiger partial charge in [0.05, 0.1) is 0 Å². The maximum atomic E-state index is 12.5. The number of nitrogens with one attached hydrogen (secondary N) is 1. The van der Waals surface area contributed by atoms with Crippen molar-refractivity contribution in [3.63, 3.8) is 0 Å². The maximum Gasteiger partial charge on any atom is 0.251 e. The standard InChI is InChI=1S/C17H25ClN2O/c1-11(2)13-9-12(10-15(18)19-13)16(21)20-14-7-5-6-8-17(14,3)4/h9-11,14H,5-8H2,1-4H3,(H,20,21). The Balaban J connectivity index is 2.16. The average molecular weight is 309 g/mol. The summed E-state index contributed by atoms with van der Waals surface area (Å²) in [6.45, 7) is 8.56. The lowest BCUT2D eigenvalue weighted by Gasteiger charge is -2.39. The fourth-order valence-corrected chi connectivity index (χ4v) is 3.16. The van der Waals surface area contributed by atoms with Crippen LogP contribution in [0.2, 0.25) is 5.15 Å². The molecule has 0 radical (unpaired) electrons. The lowest BCUT2D eigenvalue weighted by molar-refractivity contribution is 0.0853. The van der Waals surface area contributed by atoms with Crippen LogP contribution in [0.3, 0.4) is 0 Å². The summed E-state index contributed by atoms with van der Waals surface area (Å²) >= 11 is 6.05. The van der Waals surface area contributed by atoms with Crippen LogP contribution in [0.25, 0.3) is 0 Å². The van der Waals surface area contributed by atoms with Crippen molar-refractivity contribution in [3.05, 3.63) is 28.5 Å². The van der Waals surface area contributed by atoms with Gasteiger partial charge in [-0.15, -0.1) is 0 Å². The van der Waals surface area contributed by atoms with Gasteiger partial charge in [0.1, 0.15) is 5.15 Å². The first-order chi connectivity index (χ1) is 9.79. The largest absolute Gasteiger partial charge is 0.349 e. The van der Waals surface area contributed by atoms with Crippen molar-refractivity contribution in [2.24, 2.45) is 5.41 Å². The highest BCUT2D eigenvalue weighted by Crippen LogP contribution is 2.35. The van der Waals surface area contributed by atoms with Crippen molar-refractivity contribution < 1.29 is 4.79 Å². The first-order valence-electron chi connectivity index (χ1n) is 7.78. The zero-order valence-corrected chi connectivity index (χ0v) is 14.1. The number of carbonyl (C=O) groups excluding carboxylic acids is 1. The lowest BCUT2D eigenvalue weighted by atomic mass is 9.73. The minimum atomic E-state index is -0.0406. The van der Waals surface area contributed by atoms with Crippen molar-refractivity contribution in [2.75, 3.05) is 0 Å². The van der Waals surface area contributed by atoms with E-state index in [4.69, 9.17) is 11.6 Å². The Morgan fingerprint density at radius 1 is 1.38 bits per heavy atom. The summed E-state index contributed by atoms with van der Waals surface area (Å²) in [6, 6.07) is 3.73. The molecule has 1 aromatic rings. The van der Waals surface area contributed by atoms with Gasteiger partial charge >= 0.3 is 0 Å². The Morgan fingerprint density at radius 3 is 2.71 bits per heavy atom. The van der Waals surface area contributed by atoms with Gasteiger partial charge in [-0.05, 0) is 36.3 Å². The van der Waals surface area contributed by atoms with Crippen LogP contribution in [0.5, 0.6) is 0 Å². The second kappa shape index (κ2) is 6.35. The molecule has 1 heterocycles. The summed E-state index contributed by atoms with van der Waals surface area (Å²) < 4.78 is 0. The fourth-order valence-electron chi connectivity index (χ4n) is 2.95. The summed E-state index contributed by atoms with van der Waals surface area (Å²) in [6.07, 6.45) is 4.64. The van der Waals surface area contributed by atoms with Crippen LogP contribution in [0.4, 0.5) is 0 Å². The number of aromatic nitrogens is 1. The molecule has 4 heteroatoms. The quantitative estimate of drug-likeness (QED) is 0.832. The molecule has 0 spiro atoms. The Kier molecular flexibility index (Phi) is 4.92. The van der Waals surface area contributed by atoms with E-state index >= 15 is 0 Å². The molecule has 0 aromatic carbocycles. The molecule has 1 unspecified atom stereocenters. The topological polar surface area (TPSA) is 42.0 Å². The van der Waals surface area contributed by atoms with E-state index in [0.717, 1.165) is 18.5 Å². The minimum absolute atomic E-state index is 0.0406. The Morgan fingerprint density at radius 2 is 2.10 bits per heavy atom. The highest BCUT2D eigenvalue weighted by Gasteiger charge is 2.33. The molecule has 1 aliphatic rings. The third-order valence-electron chi connectivity index (χ3n) is 4.48. The predicted octanol–water partition coefficient (Wildman–Crippen LogP) is 4.56.